The first-order chi connectivity index (χ1) is 8.68. The van der Waals surface area contributed by atoms with Gasteiger partial charge in [0.25, 0.3) is 0 Å². The second-order valence-corrected chi connectivity index (χ2v) is 6.59. The minimum Gasteiger partial charge on any atom is -0.443 e. The lowest BCUT2D eigenvalue weighted by molar-refractivity contribution is 0.0573. The van der Waals surface area contributed by atoms with Crippen LogP contribution in [0, 0.1) is 0 Å². The molecule has 0 fully saturated rings. The number of carbonyl (C=O) groups excluding carboxylic acids is 1. The molecule has 0 spiro atoms. The van der Waals surface area contributed by atoms with Crippen LogP contribution in [0.25, 0.3) is 0 Å². The van der Waals surface area contributed by atoms with Crippen LogP contribution in [0.2, 0.25) is 0 Å². The highest BCUT2D eigenvalue weighted by Gasteiger charge is 2.34. The molecule has 0 atom stereocenters. The molecule has 1 aromatic carbocycles. The maximum atomic E-state index is 12.3. The summed E-state index contributed by atoms with van der Waals surface area (Å²) in [4.78, 5) is 14.0. The summed E-state index contributed by atoms with van der Waals surface area (Å²) in [6.07, 6.45) is -0.297. The zero-order valence-corrected chi connectivity index (χ0v) is 12.3. The summed E-state index contributed by atoms with van der Waals surface area (Å²) in [6.45, 7) is 10.4. The number of hydrogen-bond acceptors (Lipinski definition) is 3. The summed E-state index contributed by atoms with van der Waals surface area (Å²) in [7, 11) is 0. The average Bonchev–Trinajstić information content (AvgIpc) is 2.24. The van der Waals surface area contributed by atoms with Gasteiger partial charge in [0.15, 0.2) is 0 Å². The smallest absolute Gasteiger partial charge is 0.414 e. The van der Waals surface area contributed by atoms with Crippen molar-refractivity contribution in [1.29, 1.82) is 0 Å². The number of ether oxygens (including phenoxy) is 1. The molecule has 0 unspecified atom stereocenters. The predicted octanol–water partition coefficient (Wildman–Crippen LogP) is 3.63. The Morgan fingerprint density at radius 1 is 1.32 bits per heavy atom. The molecule has 1 N–H and O–H groups in total. The van der Waals surface area contributed by atoms with Gasteiger partial charge in [-0.15, -0.1) is 0 Å². The fourth-order valence-electron chi connectivity index (χ4n) is 2.18. The van der Waals surface area contributed by atoms with E-state index in [4.69, 9.17) is 4.74 Å². The number of anilines is 2. The molecule has 1 aliphatic rings. The number of fused-ring (bicyclic) bond motifs is 1. The second-order valence-electron chi connectivity index (χ2n) is 6.59. The van der Waals surface area contributed by atoms with Crippen LogP contribution in [-0.4, -0.2) is 23.8 Å². The summed E-state index contributed by atoms with van der Waals surface area (Å²) < 4.78 is 5.49. The fraction of sp³-hybridized carbons (Fsp3) is 0.533. The summed E-state index contributed by atoms with van der Waals surface area (Å²) in [6, 6.07) is 7.80. The van der Waals surface area contributed by atoms with Crippen molar-refractivity contribution in [3.63, 3.8) is 0 Å². The van der Waals surface area contributed by atoms with Crippen molar-refractivity contribution in [3.05, 3.63) is 24.3 Å². The van der Waals surface area contributed by atoms with Gasteiger partial charge in [-0.1, -0.05) is 12.1 Å². The predicted molar refractivity (Wildman–Crippen MR) is 77.7 cm³/mol. The molecule has 0 aliphatic carbocycles. The number of nitrogens with zero attached hydrogens (tertiary/aromatic N) is 1. The summed E-state index contributed by atoms with van der Waals surface area (Å²) >= 11 is 0. The molecule has 104 valence electrons. The average molecular weight is 262 g/mol. The van der Waals surface area contributed by atoms with Crippen LogP contribution in [0.1, 0.15) is 34.6 Å². The SMILES string of the molecule is CC1(C)CN(C(=O)OC(C)(C)C)c2ccccc2N1. The minimum atomic E-state index is -0.485. The van der Waals surface area contributed by atoms with E-state index < -0.39 is 5.60 Å². The van der Waals surface area contributed by atoms with E-state index in [1.54, 1.807) is 4.90 Å². The Kier molecular flexibility index (Phi) is 3.20. The second kappa shape index (κ2) is 4.44. The molecule has 1 aliphatic heterocycles. The van der Waals surface area contributed by atoms with Gasteiger partial charge >= 0.3 is 6.09 Å². The Morgan fingerprint density at radius 2 is 1.95 bits per heavy atom. The van der Waals surface area contributed by atoms with Gasteiger partial charge in [-0.3, -0.25) is 4.90 Å². The molecule has 4 nitrogen and oxygen atoms in total. The lowest BCUT2D eigenvalue weighted by Crippen LogP contribution is -2.51. The molecular formula is C15H22N2O2. The highest BCUT2D eigenvalue weighted by atomic mass is 16.6. The van der Waals surface area contributed by atoms with E-state index in [0.717, 1.165) is 11.4 Å². The van der Waals surface area contributed by atoms with Gasteiger partial charge in [0.05, 0.1) is 17.9 Å². The summed E-state index contributed by atoms with van der Waals surface area (Å²) in [5, 5.41) is 3.43. The van der Waals surface area contributed by atoms with Crippen molar-refractivity contribution in [2.24, 2.45) is 0 Å². The Balaban J connectivity index is 2.32. The molecule has 4 heteroatoms. The zero-order valence-electron chi connectivity index (χ0n) is 12.3. The molecule has 19 heavy (non-hydrogen) atoms. The van der Waals surface area contributed by atoms with Crippen molar-refractivity contribution in [1.82, 2.24) is 0 Å². The highest BCUT2D eigenvalue weighted by Crippen LogP contribution is 2.34. The zero-order chi connectivity index (χ0) is 14.3. The van der Waals surface area contributed by atoms with E-state index in [9.17, 15) is 4.79 Å². The molecule has 0 saturated heterocycles. The van der Waals surface area contributed by atoms with E-state index >= 15 is 0 Å². The maximum Gasteiger partial charge on any atom is 0.414 e. The molecule has 0 saturated carbocycles. The number of rotatable bonds is 0. The van der Waals surface area contributed by atoms with Gasteiger partial charge in [-0.25, -0.2) is 4.79 Å². The van der Waals surface area contributed by atoms with Gasteiger partial charge in [-0.05, 0) is 46.8 Å². The molecule has 2 rings (SSSR count). The van der Waals surface area contributed by atoms with Crippen molar-refractivity contribution in [3.8, 4) is 0 Å². The molecule has 1 heterocycles. The first kappa shape index (κ1) is 13.7. The fourth-order valence-corrected chi connectivity index (χ4v) is 2.18. The highest BCUT2D eigenvalue weighted by molar-refractivity contribution is 5.94. The molecule has 1 aromatic rings. The van der Waals surface area contributed by atoms with E-state index in [1.807, 2.05) is 45.0 Å². The molecule has 0 bridgehead atoms. The quantitative estimate of drug-likeness (QED) is 0.776. The van der Waals surface area contributed by atoms with Crippen molar-refractivity contribution < 1.29 is 9.53 Å². The Hall–Kier alpha value is -1.71. The van der Waals surface area contributed by atoms with Crippen molar-refractivity contribution in [2.45, 2.75) is 45.8 Å². The monoisotopic (exact) mass is 262 g/mol. The number of nitrogens with one attached hydrogen (secondary N) is 1. The maximum absolute atomic E-state index is 12.3. The van der Waals surface area contributed by atoms with E-state index in [1.165, 1.54) is 0 Å². The number of amides is 1. The van der Waals surface area contributed by atoms with E-state index in [-0.39, 0.29) is 11.6 Å². The minimum absolute atomic E-state index is 0.175. The number of hydrogen-bond donors (Lipinski definition) is 1. The lowest BCUT2D eigenvalue weighted by Gasteiger charge is -2.41. The molecular weight excluding hydrogens is 240 g/mol. The summed E-state index contributed by atoms with van der Waals surface area (Å²) in [5.41, 5.74) is 1.17. The van der Waals surface area contributed by atoms with Crippen LogP contribution in [0.5, 0.6) is 0 Å². The summed E-state index contributed by atoms with van der Waals surface area (Å²) in [5.74, 6) is 0. The number of para-hydroxylation sites is 2. The van der Waals surface area contributed by atoms with Gasteiger partial charge in [0.1, 0.15) is 5.60 Å². The van der Waals surface area contributed by atoms with Crippen LogP contribution < -0.4 is 10.2 Å². The third-order valence-electron chi connectivity index (χ3n) is 2.84. The third-order valence-corrected chi connectivity index (χ3v) is 2.84. The van der Waals surface area contributed by atoms with Crippen LogP contribution in [0.15, 0.2) is 24.3 Å². The number of benzene rings is 1. The van der Waals surface area contributed by atoms with Gasteiger partial charge < -0.3 is 10.1 Å². The van der Waals surface area contributed by atoms with Crippen LogP contribution >= 0.6 is 0 Å². The molecule has 0 radical (unpaired) electrons. The van der Waals surface area contributed by atoms with Gasteiger partial charge in [0.2, 0.25) is 0 Å². The third kappa shape index (κ3) is 3.19. The van der Waals surface area contributed by atoms with Crippen molar-refractivity contribution >= 4 is 17.5 Å². The Morgan fingerprint density at radius 3 is 2.58 bits per heavy atom. The lowest BCUT2D eigenvalue weighted by atomic mass is 10.00. The number of carbonyl (C=O) groups is 1. The topological polar surface area (TPSA) is 41.6 Å². The van der Waals surface area contributed by atoms with Crippen molar-refractivity contribution in [2.75, 3.05) is 16.8 Å². The largest absolute Gasteiger partial charge is 0.443 e. The first-order valence-electron chi connectivity index (χ1n) is 6.56. The molecule has 0 aromatic heterocycles. The van der Waals surface area contributed by atoms with Crippen LogP contribution in [0.4, 0.5) is 16.2 Å². The van der Waals surface area contributed by atoms with Gasteiger partial charge in [0, 0.05) is 5.54 Å². The van der Waals surface area contributed by atoms with Gasteiger partial charge in [-0.2, -0.15) is 0 Å². The van der Waals surface area contributed by atoms with Crippen LogP contribution in [-0.2, 0) is 4.74 Å². The Bertz CT molecular complexity index is 489. The standard InChI is InChI=1S/C15H22N2O2/c1-14(2,3)19-13(18)17-10-15(4,5)16-11-8-6-7-9-12(11)17/h6-9,16H,10H2,1-5H3. The van der Waals surface area contributed by atoms with E-state index in [2.05, 4.69) is 19.2 Å². The first-order valence-corrected chi connectivity index (χ1v) is 6.56. The Labute approximate surface area is 114 Å². The normalized spacial score (nSPS) is 17.4. The van der Waals surface area contributed by atoms with E-state index in [0.29, 0.717) is 6.54 Å². The van der Waals surface area contributed by atoms with Crippen LogP contribution in [0.3, 0.4) is 0 Å². The molecule has 1 amide bonds.